The highest BCUT2D eigenvalue weighted by Gasteiger charge is 2.52. The largest absolute Gasteiger partial charge is 0.483 e. The van der Waals surface area contributed by atoms with Gasteiger partial charge >= 0.3 is 0 Å². The summed E-state index contributed by atoms with van der Waals surface area (Å²) in [4.78, 5) is 2.52. The molecule has 0 fully saturated rings. The highest BCUT2D eigenvalue weighted by molar-refractivity contribution is 6.00. The minimum Gasteiger partial charge on any atom is -0.483 e. The molecule has 0 saturated heterocycles. The van der Waals surface area contributed by atoms with Crippen LogP contribution in [-0.2, 0) is 5.41 Å². The number of nitrogens with zero attached hydrogens (tertiary/aromatic N) is 1. The second-order valence-corrected chi connectivity index (χ2v) is 12.3. The molecule has 0 amide bonds. The summed E-state index contributed by atoms with van der Waals surface area (Å²) in [7, 11) is 0. The van der Waals surface area contributed by atoms with Crippen LogP contribution in [0.15, 0.2) is 164 Å². The lowest BCUT2D eigenvalue weighted by Gasteiger charge is -2.38. The lowest BCUT2D eigenvalue weighted by atomic mass is 9.70. The van der Waals surface area contributed by atoms with E-state index in [9.17, 15) is 0 Å². The first-order valence-corrected chi connectivity index (χ1v) is 15.8. The fraction of sp³-hybridized carbons (Fsp3) is 0.0698. The number of hydrogen-bond acceptors (Lipinski definition) is 2. The number of allylic oxidation sites excluding steroid dienone is 2. The topological polar surface area (TPSA) is 12.5 Å². The minimum atomic E-state index is -0.384. The van der Waals surface area contributed by atoms with Crippen molar-refractivity contribution < 1.29 is 4.74 Å². The predicted octanol–water partition coefficient (Wildman–Crippen LogP) is 9.95. The number of hydrogen-bond donors (Lipinski definition) is 0. The quantitative estimate of drug-likeness (QED) is 0.208. The van der Waals surface area contributed by atoms with Crippen LogP contribution in [-0.4, -0.2) is 12.1 Å². The first-order valence-electron chi connectivity index (χ1n) is 15.8. The van der Waals surface area contributed by atoms with Crippen molar-refractivity contribution in [2.45, 2.75) is 17.6 Å². The van der Waals surface area contributed by atoms with Crippen molar-refractivity contribution in [3.63, 3.8) is 0 Å². The van der Waals surface area contributed by atoms with E-state index in [4.69, 9.17) is 4.74 Å². The first kappa shape index (κ1) is 24.8. The zero-order valence-corrected chi connectivity index (χ0v) is 24.6. The third kappa shape index (κ3) is 3.18. The number of rotatable bonds is 3. The van der Waals surface area contributed by atoms with E-state index in [1.165, 1.54) is 61.3 Å². The Hall–Kier alpha value is -5.60. The zero-order valence-electron chi connectivity index (χ0n) is 24.6. The summed E-state index contributed by atoms with van der Waals surface area (Å²) in [6.07, 6.45) is 6.62. The van der Waals surface area contributed by atoms with Gasteiger partial charge in [0.2, 0.25) is 0 Å². The minimum absolute atomic E-state index is 0.0434. The van der Waals surface area contributed by atoms with E-state index in [2.05, 4.69) is 169 Å². The molecule has 2 heteroatoms. The van der Waals surface area contributed by atoms with Gasteiger partial charge in [-0.3, -0.25) is 0 Å². The van der Waals surface area contributed by atoms with Crippen molar-refractivity contribution in [3.8, 4) is 28.0 Å². The summed E-state index contributed by atoms with van der Waals surface area (Å²) in [6.45, 7) is 0. The molecule has 6 aromatic carbocycles. The number of benzene rings is 6. The highest BCUT2D eigenvalue weighted by atomic mass is 16.5. The summed E-state index contributed by atoms with van der Waals surface area (Å²) in [5, 5.41) is 0. The number of anilines is 2. The van der Waals surface area contributed by atoms with Gasteiger partial charge in [-0.2, -0.15) is 0 Å². The van der Waals surface area contributed by atoms with Crippen LogP contribution in [0.2, 0.25) is 0 Å². The van der Waals surface area contributed by atoms with Gasteiger partial charge in [0.25, 0.3) is 0 Å². The third-order valence-corrected chi connectivity index (χ3v) is 10.2. The van der Waals surface area contributed by atoms with Crippen LogP contribution >= 0.6 is 0 Å². The smallest absolute Gasteiger partial charge is 0.149 e. The second kappa shape index (κ2) is 9.20. The van der Waals surface area contributed by atoms with E-state index < -0.39 is 0 Å². The molecule has 2 unspecified atom stereocenters. The maximum absolute atomic E-state index is 6.76. The number of para-hydroxylation sites is 2. The van der Waals surface area contributed by atoms with Gasteiger partial charge in [0.1, 0.15) is 11.9 Å². The molecule has 0 bridgehead atoms. The summed E-state index contributed by atoms with van der Waals surface area (Å²) in [5.74, 6) is 0.956. The van der Waals surface area contributed by atoms with E-state index >= 15 is 0 Å². The number of ether oxygens (including phenoxy) is 1. The monoisotopic (exact) mass is 575 g/mol. The van der Waals surface area contributed by atoms with E-state index in [0.717, 1.165) is 11.4 Å². The van der Waals surface area contributed by atoms with Crippen molar-refractivity contribution in [3.05, 3.63) is 192 Å². The molecule has 1 aliphatic heterocycles. The van der Waals surface area contributed by atoms with E-state index in [1.54, 1.807) is 0 Å². The van der Waals surface area contributed by atoms with Gasteiger partial charge in [-0.25, -0.2) is 0 Å². The highest BCUT2D eigenvalue weighted by Crippen LogP contribution is 2.64. The Balaban J connectivity index is 1.25. The Morgan fingerprint density at radius 3 is 1.82 bits per heavy atom. The fourth-order valence-electron chi connectivity index (χ4n) is 8.58. The van der Waals surface area contributed by atoms with Crippen LogP contribution in [0.4, 0.5) is 11.4 Å². The lowest BCUT2D eigenvalue weighted by Crippen LogP contribution is -2.43. The zero-order chi connectivity index (χ0) is 29.5. The summed E-state index contributed by atoms with van der Waals surface area (Å²) < 4.78 is 6.76. The molecule has 3 aliphatic carbocycles. The molecule has 0 N–H and O–H groups in total. The van der Waals surface area contributed by atoms with Gasteiger partial charge < -0.3 is 9.64 Å². The molecule has 1 heterocycles. The van der Waals surface area contributed by atoms with Crippen molar-refractivity contribution in [1.82, 2.24) is 0 Å². The van der Waals surface area contributed by atoms with Crippen molar-refractivity contribution >= 4 is 16.9 Å². The van der Waals surface area contributed by atoms with E-state index in [0.29, 0.717) is 0 Å². The predicted molar refractivity (Wildman–Crippen MR) is 183 cm³/mol. The Morgan fingerprint density at radius 2 is 1.09 bits per heavy atom. The SMILES string of the molecule is C1=CC(N(c2ccccc2)c2cccc3c2-c2ccccc2C32c3ccccc3-c3ccccc32)C2Oc3ccccc3C2=C1. The molecule has 0 aromatic heterocycles. The standard InChI is InChI=1S/C43H29NO/c1-2-14-28(15-3-1)44(39-26-12-20-32-31-18-7-11-27-40(31)45-42(32)39)38-25-13-24-37-41(38)33-19-6-10-23-36(33)43(37)34-21-8-4-16-29(34)30-17-5-9-22-35(30)43/h1-27,39,42H. The average molecular weight is 576 g/mol. The average Bonchev–Trinajstić information content (AvgIpc) is 3.74. The van der Waals surface area contributed by atoms with Gasteiger partial charge in [0.15, 0.2) is 0 Å². The summed E-state index contributed by atoms with van der Waals surface area (Å²) in [5.41, 5.74) is 15.0. The van der Waals surface area contributed by atoms with Gasteiger partial charge in [-0.1, -0.05) is 140 Å². The van der Waals surface area contributed by atoms with Crippen LogP contribution in [0.3, 0.4) is 0 Å². The maximum atomic E-state index is 6.76. The molecular weight excluding hydrogens is 546 g/mol. The number of fused-ring (bicyclic) bond motifs is 13. The molecule has 6 aromatic rings. The maximum Gasteiger partial charge on any atom is 0.149 e. The fourth-order valence-corrected chi connectivity index (χ4v) is 8.58. The van der Waals surface area contributed by atoms with Crippen LogP contribution in [0.1, 0.15) is 27.8 Å². The molecule has 1 spiro atoms. The molecule has 45 heavy (non-hydrogen) atoms. The summed E-state index contributed by atoms with van der Waals surface area (Å²) >= 11 is 0. The Bertz CT molecular complexity index is 2180. The Labute approximate surface area is 263 Å². The molecular formula is C43H29NO. The molecule has 2 nitrogen and oxygen atoms in total. The molecule has 212 valence electrons. The van der Waals surface area contributed by atoms with E-state index in [-0.39, 0.29) is 17.6 Å². The molecule has 10 rings (SSSR count). The van der Waals surface area contributed by atoms with E-state index in [1.807, 2.05) is 0 Å². The van der Waals surface area contributed by atoms with Gasteiger partial charge in [0.05, 0.1) is 17.1 Å². The van der Waals surface area contributed by atoms with Crippen LogP contribution in [0.5, 0.6) is 5.75 Å². The second-order valence-electron chi connectivity index (χ2n) is 12.3. The molecule has 2 atom stereocenters. The van der Waals surface area contributed by atoms with Crippen molar-refractivity contribution in [1.29, 1.82) is 0 Å². The van der Waals surface area contributed by atoms with Gasteiger partial charge in [-0.05, 0) is 63.2 Å². The molecule has 0 radical (unpaired) electrons. The van der Waals surface area contributed by atoms with Crippen LogP contribution < -0.4 is 9.64 Å². The van der Waals surface area contributed by atoms with Crippen molar-refractivity contribution in [2.24, 2.45) is 0 Å². The third-order valence-electron chi connectivity index (χ3n) is 10.2. The summed E-state index contributed by atoms with van der Waals surface area (Å²) in [6, 6.07) is 53.2. The normalized spacial score (nSPS) is 18.6. The van der Waals surface area contributed by atoms with Gasteiger partial charge in [-0.15, -0.1) is 0 Å². The molecule has 0 saturated carbocycles. The Kier molecular flexibility index (Phi) is 5.07. The molecule has 4 aliphatic rings. The van der Waals surface area contributed by atoms with Gasteiger partial charge in [0, 0.05) is 22.4 Å². The first-order chi connectivity index (χ1) is 22.4. The van der Waals surface area contributed by atoms with Crippen molar-refractivity contribution in [2.75, 3.05) is 4.90 Å². The Morgan fingerprint density at radius 1 is 0.511 bits per heavy atom. The lowest BCUT2D eigenvalue weighted by molar-refractivity contribution is 0.258. The van der Waals surface area contributed by atoms with Crippen LogP contribution in [0, 0.1) is 0 Å². The van der Waals surface area contributed by atoms with Crippen LogP contribution in [0.25, 0.3) is 27.8 Å².